The van der Waals surface area contributed by atoms with Gasteiger partial charge >= 0.3 is 0 Å². The van der Waals surface area contributed by atoms with E-state index in [1.807, 2.05) is 0 Å². The molecule has 1 aliphatic heterocycles. The van der Waals surface area contributed by atoms with Gasteiger partial charge < -0.3 is 40.5 Å². The summed E-state index contributed by atoms with van der Waals surface area (Å²) in [6.45, 7) is -0.775. The van der Waals surface area contributed by atoms with Gasteiger partial charge in [-0.3, -0.25) is 0 Å². The molecule has 96 valence electrons. The summed E-state index contributed by atoms with van der Waals surface area (Å²) in [6.07, 6.45) is -11.7. The largest absolute Gasteiger partial charge is 0.394 e. The first-order valence-electron chi connectivity index (χ1n) is 4.75. The predicted octanol–water partition coefficient (Wildman–Crippen LogP) is -4.50. The number of aliphatic hydroxyl groups is 7. The Hall–Kier alpha value is -0.320. The van der Waals surface area contributed by atoms with Gasteiger partial charge in [0, 0.05) is 0 Å². The van der Waals surface area contributed by atoms with E-state index in [0.717, 1.165) is 0 Å². The summed E-state index contributed by atoms with van der Waals surface area (Å²) in [7, 11) is 0. The van der Waals surface area contributed by atoms with Crippen molar-refractivity contribution in [3.63, 3.8) is 0 Å². The normalized spacial score (nSPS) is 44.1. The smallest absolute Gasteiger partial charge is 0.184 e. The van der Waals surface area contributed by atoms with Crippen LogP contribution < -0.4 is 0 Å². The molecule has 1 aliphatic rings. The molecule has 0 aromatic rings. The molecule has 2 unspecified atom stereocenters. The van der Waals surface area contributed by atoms with E-state index in [-0.39, 0.29) is 0 Å². The fourth-order valence-electron chi connectivity index (χ4n) is 1.50. The summed E-state index contributed by atoms with van der Waals surface area (Å²) < 4.78 is 4.64. The van der Waals surface area contributed by atoms with Crippen LogP contribution in [0.15, 0.2) is 0 Å². The first kappa shape index (κ1) is 13.7. The zero-order valence-electron chi connectivity index (χ0n) is 8.29. The molecule has 7 N–H and O–H groups in total. The van der Waals surface area contributed by atoms with Gasteiger partial charge in [0.1, 0.15) is 36.6 Å². The predicted molar refractivity (Wildman–Crippen MR) is 48.0 cm³/mol. The maximum absolute atomic E-state index is 9.44. The van der Waals surface area contributed by atoms with Crippen LogP contribution in [-0.2, 0) is 4.74 Å². The highest BCUT2D eigenvalue weighted by Gasteiger charge is 2.47. The first-order chi connectivity index (χ1) is 7.40. The molecular weight excluding hydrogens is 224 g/mol. The second-order valence-electron chi connectivity index (χ2n) is 3.70. The Morgan fingerprint density at radius 3 is 2.00 bits per heavy atom. The van der Waals surface area contributed by atoms with E-state index in [2.05, 4.69) is 4.74 Å². The SMILES string of the molecule is OCC(O)C(O)[C@H]1O[C@H](O)[C@H](O)[C@@H](O)[C@H]1O. The molecule has 1 heterocycles. The van der Waals surface area contributed by atoms with E-state index in [1.165, 1.54) is 0 Å². The van der Waals surface area contributed by atoms with Crippen LogP contribution in [0.1, 0.15) is 0 Å². The van der Waals surface area contributed by atoms with Crippen molar-refractivity contribution in [1.29, 1.82) is 0 Å². The van der Waals surface area contributed by atoms with Crippen LogP contribution in [0.3, 0.4) is 0 Å². The third-order valence-corrected chi connectivity index (χ3v) is 2.54. The van der Waals surface area contributed by atoms with Crippen molar-refractivity contribution in [1.82, 2.24) is 0 Å². The molecule has 8 heteroatoms. The highest BCUT2D eigenvalue weighted by Crippen LogP contribution is 2.23. The van der Waals surface area contributed by atoms with E-state index in [1.54, 1.807) is 0 Å². The average molecular weight is 240 g/mol. The van der Waals surface area contributed by atoms with Crippen LogP contribution in [-0.4, -0.2) is 85.3 Å². The zero-order chi connectivity index (χ0) is 12.5. The van der Waals surface area contributed by atoms with Gasteiger partial charge in [0.05, 0.1) is 6.61 Å². The molecule has 16 heavy (non-hydrogen) atoms. The van der Waals surface area contributed by atoms with E-state index in [4.69, 9.17) is 20.4 Å². The standard InChI is InChI=1S/C8H16O8/c9-1-2(10)3(11)7-5(13)4(12)6(14)8(15)16-7/h2-15H,1H2/t2?,3?,4-,5+,6+,7+,8-/m0/s1. The maximum Gasteiger partial charge on any atom is 0.184 e. The quantitative estimate of drug-likeness (QED) is 0.261. The van der Waals surface area contributed by atoms with Crippen molar-refractivity contribution in [2.75, 3.05) is 6.61 Å². The topological polar surface area (TPSA) is 151 Å². The number of ether oxygens (including phenoxy) is 1. The summed E-state index contributed by atoms with van der Waals surface area (Å²) in [4.78, 5) is 0. The summed E-state index contributed by atoms with van der Waals surface area (Å²) in [5.41, 5.74) is 0. The molecule has 1 fully saturated rings. The molecule has 0 amide bonds. The lowest BCUT2D eigenvalue weighted by molar-refractivity contribution is -0.303. The first-order valence-corrected chi connectivity index (χ1v) is 4.75. The summed E-state index contributed by atoms with van der Waals surface area (Å²) >= 11 is 0. The average Bonchev–Trinajstić information content (AvgIpc) is 2.29. The van der Waals surface area contributed by atoms with Crippen LogP contribution in [0.2, 0.25) is 0 Å². The minimum absolute atomic E-state index is 0.775. The van der Waals surface area contributed by atoms with E-state index >= 15 is 0 Å². The lowest BCUT2D eigenvalue weighted by atomic mass is 9.93. The van der Waals surface area contributed by atoms with Gasteiger partial charge in [0.15, 0.2) is 6.29 Å². The Morgan fingerprint density at radius 2 is 1.50 bits per heavy atom. The van der Waals surface area contributed by atoms with Crippen molar-refractivity contribution < 1.29 is 40.5 Å². The second kappa shape index (κ2) is 5.34. The molecule has 0 aromatic heterocycles. The monoisotopic (exact) mass is 240 g/mol. The minimum atomic E-state index is -1.79. The Balaban J connectivity index is 2.73. The molecule has 0 aromatic carbocycles. The molecule has 7 atom stereocenters. The van der Waals surface area contributed by atoms with Crippen molar-refractivity contribution in [2.24, 2.45) is 0 Å². The fraction of sp³-hybridized carbons (Fsp3) is 1.00. The molecule has 0 bridgehead atoms. The van der Waals surface area contributed by atoms with Gasteiger partial charge in [-0.25, -0.2) is 0 Å². The zero-order valence-corrected chi connectivity index (χ0v) is 8.29. The molecule has 0 radical (unpaired) electrons. The number of rotatable bonds is 3. The van der Waals surface area contributed by atoms with E-state index < -0.39 is 49.5 Å². The molecular formula is C8H16O8. The number of hydrogen-bond acceptors (Lipinski definition) is 8. The number of aliphatic hydroxyl groups excluding tert-OH is 7. The van der Waals surface area contributed by atoms with Crippen LogP contribution in [0.5, 0.6) is 0 Å². The van der Waals surface area contributed by atoms with E-state index in [0.29, 0.717) is 0 Å². The lowest BCUT2D eigenvalue weighted by Crippen LogP contribution is -2.62. The van der Waals surface area contributed by atoms with Crippen molar-refractivity contribution in [2.45, 2.75) is 42.9 Å². The third kappa shape index (κ3) is 2.50. The third-order valence-electron chi connectivity index (χ3n) is 2.54. The Bertz CT molecular complexity index is 220. The van der Waals surface area contributed by atoms with Gasteiger partial charge in [-0.15, -0.1) is 0 Å². The maximum atomic E-state index is 9.44. The summed E-state index contributed by atoms with van der Waals surface area (Å²) in [6, 6.07) is 0. The van der Waals surface area contributed by atoms with Crippen LogP contribution in [0, 0.1) is 0 Å². The highest BCUT2D eigenvalue weighted by molar-refractivity contribution is 4.93. The van der Waals surface area contributed by atoms with Gasteiger partial charge in [-0.2, -0.15) is 0 Å². The molecule has 8 nitrogen and oxygen atoms in total. The second-order valence-corrected chi connectivity index (χ2v) is 3.70. The van der Waals surface area contributed by atoms with Gasteiger partial charge in [-0.1, -0.05) is 0 Å². The molecule has 0 aliphatic carbocycles. The van der Waals surface area contributed by atoms with E-state index in [9.17, 15) is 15.3 Å². The number of hydrogen-bond donors (Lipinski definition) is 7. The molecule has 1 rings (SSSR count). The molecule has 0 spiro atoms. The fourth-order valence-corrected chi connectivity index (χ4v) is 1.50. The van der Waals surface area contributed by atoms with Gasteiger partial charge in [-0.05, 0) is 0 Å². The van der Waals surface area contributed by atoms with Crippen LogP contribution in [0.25, 0.3) is 0 Å². The highest BCUT2D eigenvalue weighted by atomic mass is 16.6. The Morgan fingerprint density at radius 1 is 0.938 bits per heavy atom. The van der Waals surface area contributed by atoms with Gasteiger partial charge in [0.2, 0.25) is 0 Å². The lowest BCUT2D eigenvalue weighted by Gasteiger charge is -2.40. The van der Waals surface area contributed by atoms with Crippen LogP contribution >= 0.6 is 0 Å². The minimum Gasteiger partial charge on any atom is -0.394 e. The molecule has 1 saturated heterocycles. The van der Waals surface area contributed by atoms with Crippen molar-refractivity contribution in [3.8, 4) is 0 Å². The molecule has 0 saturated carbocycles. The van der Waals surface area contributed by atoms with Crippen LogP contribution in [0.4, 0.5) is 0 Å². The summed E-state index contributed by atoms with van der Waals surface area (Å²) in [5.74, 6) is 0. The van der Waals surface area contributed by atoms with Crippen molar-refractivity contribution in [3.05, 3.63) is 0 Å². The Labute approximate surface area is 91.0 Å². The summed E-state index contributed by atoms with van der Waals surface area (Å²) in [5, 5.41) is 64.1. The van der Waals surface area contributed by atoms with Crippen molar-refractivity contribution >= 4 is 0 Å². The van der Waals surface area contributed by atoms with Gasteiger partial charge in [0.25, 0.3) is 0 Å². The Kier molecular flexibility index (Phi) is 4.59.